The number of carbonyl (C=O) groups excluding carboxylic acids is 1. The minimum absolute atomic E-state index is 0.159. The molecular formula is C19H20N2O3. The van der Waals surface area contributed by atoms with Crippen LogP contribution in [0.4, 0.5) is 0 Å². The minimum atomic E-state index is -1.01. The first-order valence-corrected chi connectivity index (χ1v) is 8.42. The summed E-state index contributed by atoms with van der Waals surface area (Å²) in [6, 6.07) is 10.6. The number of fused-ring (bicyclic) bond motifs is 4. The molecule has 124 valence electrons. The summed E-state index contributed by atoms with van der Waals surface area (Å²) in [5, 5.41) is 13.9. The molecule has 3 aliphatic heterocycles. The number of carboxylic acids is 1. The summed E-state index contributed by atoms with van der Waals surface area (Å²) in [4.78, 5) is 26.8. The normalized spacial score (nSPS) is 25.6. The molecule has 0 aliphatic carbocycles. The topological polar surface area (TPSA) is 69.6 Å². The molecule has 5 heteroatoms. The predicted octanol–water partition coefficient (Wildman–Crippen LogP) is 2.36. The van der Waals surface area contributed by atoms with Crippen LogP contribution in [0.25, 0.3) is 10.8 Å². The van der Waals surface area contributed by atoms with Crippen molar-refractivity contribution in [1.29, 1.82) is 0 Å². The van der Waals surface area contributed by atoms with Gasteiger partial charge in [-0.1, -0.05) is 24.3 Å². The molecular weight excluding hydrogens is 304 g/mol. The van der Waals surface area contributed by atoms with Gasteiger partial charge in [0.15, 0.2) is 0 Å². The SMILES string of the molecule is O=C(O)c1cccc2cccc(C(=O)NC3CN4CCC3CC4)c12. The molecule has 1 amide bonds. The maximum absolute atomic E-state index is 12.9. The van der Waals surface area contributed by atoms with Crippen LogP contribution in [0, 0.1) is 5.92 Å². The van der Waals surface area contributed by atoms with E-state index in [1.165, 1.54) is 0 Å². The zero-order valence-electron chi connectivity index (χ0n) is 13.4. The molecule has 1 unspecified atom stereocenters. The molecule has 0 aromatic heterocycles. The van der Waals surface area contributed by atoms with E-state index in [0.717, 1.165) is 37.9 Å². The Morgan fingerprint density at radius 2 is 1.71 bits per heavy atom. The lowest BCUT2D eigenvalue weighted by atomic mass is 9.84. The largest absolute Gasteiger partial charge is 0.478 e. The number of nitrogens with one attached hydrogen (secondary N) is 1. The summed E-state index contributed by atoms with van der Waals surface area (Å²) in [5.74, 6) is -0.649. The number of hydrogen-bond donors (Lipinski definition) is 2. The van der Waals surface area contributed by atoms with Crippen molar-refractivity contribution < 1.29 is 14.7 Å². The van der Waals surface area contributed by atoms with Crippen molar-refractivity contribution in [2.24, 2.45) is 5.92 Å². The Labute approximate surface area is 140 Å². The van der Waals surface area contributed by atoms with Gasteiger partial charge in [0.25, 0.3) is 5.91 Å². The molecule has 3 aliphatic rings. The van der Waals surface area contributed by atoms with Gasteiger partial charge in [-0.15, -0.1) is 0 Å². The molecule has 0 saturated carbocycles. The summed E-state index contributed by atoms with van der Waals surface area (Å²) in [6.45, 7) is 3.13. The number of carboxylic acid groups (broad SMARTS) is 1. The first-order valence-electron chi connectivity index (χ1n) is 8.42. The van der Waals surface area contributed by atoms with Crippen LogP contribution in [0.1, 0.15) is 33.6 Å². The monoisotopic (exact) mass is 324 g/mol. The fourth-order valence-electron chi connectivity index (χ4n) is 4.08. The predicted molar refractivity (Wildman–Crippen MR) is 91.3 cm³/mol. The van der Waals surface area contributed by atoms with Crippen LogP contribution < -0.4 is 5.32 Å². The number of hydrogen-bond acceptors (Lipinski definition) is 3. The van der Waals surface area contributed by atoms with Gasteiger partial charge in [-0.25, -0.2) is 4.79 Å². The van der Waals surface area contributed by atoms with Crippen molar-refractivity contribution in [2.75, 3.05) is 19.6 Å². The lowest BCUT2D eigenvalue weighted by Gasteiger charge is -2.44. The maximum atomic E-state index is 12.9. The molecule has 5 rings (SSSR count). The number of benzene rings is 2. The van der Waals surface area contributed by atoms with Gasteiger partial charge in [-0.3, -0.25) is 4.79 Å². The van der Waals surface area contributed by atoms with Crippen molar-refractivity contribution >= 4 is 22.6 Å². The number of amides is 1. The molecule has 2 N–H and O–H groups in total. The lowest BCUT2D eigenvalue weighted by Crippen LogP contribution is -2.57. The second-order valence-electron chi connectivity index (χ2n) is 6.73. The highest BCUT2D eigenvalue weighted by Gasteiger charge is 2.35. The van der Waals surface area contributed by atoms with Crippen LogP contribution in [0.5, 0.6) is 0 Å². The lowest BCUT2D eigenvalue weighted by molar-refractivity contribution is 0.0621. The summed E-state index contributed by atoms with van der Waals surface area (Å²) < 4.78 is 0. The molecule has 24 heavy (non-hydrogen) atoms. The van der Waals surface area contributed by atoms with Crippen LogP contribution in [-0.2, 0) is 0 Å². The molecule has 5 nitrogen and oxygen atoms in total. The van der Waals surface area contributed by atoms with Crippen molar-refractivity contribution in [2.45, 2.75) is 18.9 Å². The van der Waals surface area contributed by atoms with Gasteiger partial charge in [-0.05, 0) is 49.4 Å². The Hall–Kier alpha value is -2.40. The maximum Gasteiger partial charge on any atom is 0.336 e. The Morgan fingerprint density at radius 1 is 1.04 bits per heavy atom. The summed E-state index contributed by atoms with van der Waals surface area (Å²) >= 11 is 0. The van der Waals surface area contributed by atoms with E-state index in [2.05, 4.69) is 10.2 Å². The highest BCUT2D eigenvalue weighted by molar-refractivity contribution is 6.14. The van der Waals surface area contributed by atoms with E-state index in [4.69, 9.17) is 0 Å². The van der Waals surface area contributed by atoms with Crippen LogP contribution in [0.3, 0.4) is 0 Å². The van der Waals surface area contributed by atoms with Crippen LogP contribution in [0.2, 0.25) is 0 Å². The van der Waals surface area contributed by atoms with Crippen molar-refractivity contribution in [3.8, 4) is 0 Å². The van der Waals surface area contributed by atoms with Gasteiger partial charge < -0.3 is 15.3 Å². The average Bonchev–Trinajstić information content (AvgIpc) is 2.61. The smallest absolute Gasteiger partial charge is 0.336 e. The van der Waals surface area contributed by atoms with E-state index in [1.54, 1.807) is 24.3 Å². The van der Waals surface area contributed by atoms with Gasteiger partial charge in [0.2, 0.25) is 0 Å². The Bertz CT molecular complexity index is 804. The number of carbonyl (C=O) groups is 2. The third-order valence-corrected chi connectivity index (χ3v) is 5.35. The third kappa shape index (κ3) is 2.55. The average molecular weight is 324 g/mol. The van der Waals surface area contributed by atoms with E-state index >= 15 is 0 Å². The molecule has 0 spiro atoms. The number of aromatic carboxylic acids is 1. The number of piperidine rings is 3. The molecule has 2 bridgehead atoms. The van der Waals surface area contributed by atoms with Crippen molar-refractivity contribution in [3.63, 3.8) is 0 Å². The van der Waals surface area contributed by atoms with E-state index in [-0.39, 0.29) is 17.5 Å². The highest BCUT2D eigenvalue weighted by atomic mass is 16.4. The van der Waals surface area contributed by atoms with Crippen LogP contribution in [-0.4, -0.2) is 47.6 Å². The Balaban J connectivity index is 1.68. The molecule has 3 saturated heterocycles. The van der Waals surface area contributed by atoms with Gasteiger partial charge in [-0.2, -0.15) is 0 Å². The quantitative estimate of drug-likeness (QED) is 0.909. The summed E-state index contributed by atoms with van der Waals surface area (Å²) in [6.07, 6.45) is 2.25. The molecule has 3 heterocycles. The Kier molecular flexibility index (Phi) is 3.73. The van der Waals surface area contributed by atoms with Gasteiger partial charge >= 0.3 is 5.97 Å². The van der Waals surface area contributed by atoms with Gasteiger partial charge in [0.05, 0.1) is 5.56 Å². The first-order chi connectivity index (χ1) is 11.6. The standard InChI is InChI=1S/C19H20N2O3/c22-18(20-16-11-21-9-7-12(16)8-10-21)14-5-1-3-13-4-2-6-15(17(13)14)19(23)24/h1-6,12,16H,7-11H2,(H,20,22)(H,23,24). The van der Waals surface area contributed by atoms with Gasteiger partial charge in [0.1, 0.15) is 0 Å². The van der Waals surface area contributed by atoms with Crippen molar-refractivity contribution in [1.82, 2.24) is 10.2 Å². The second kappa shape index (κ2) is 5.91. The summed E-state index contributed by atoms with van der Waals surface area (Å²) in [5.41, 5.74) is 0.620. The van der Waals surface area contributed by atoms with Gasteiger partial charge in [0, 0.05) is 23.5 Å². The first kappa shape index (κ1) is 15.1. The minimum Gasteiger partial charge on any atom is -0.478 e. The van der Waals surface area contributed by atoms with Crippen LogP contribution in [0.15, 0.2) is 36.4 Å². The van der Waals surface area contributed by atoms with E-state index < -0.39 is 5.97 Å². The van der Waals surface area contributed by atoms with E-state index in [0.29, 0.717) is 16.9 Å². The third-order valence-electron chi connectivity index (χ3n) is 5.35. The van der Waals surface area contributed by atoms with E-state index in [9.17, 15) is 14.7 Å². The zero-order chi connectivity index (χ0) is 16.7. The molecule has 1 atom stereocenters. The number of nitrogens with zero attached hydrogens (tertiary/aromatic N) is 1. The van der Waals surface area contributed by atoms with Crippen molar-refractivity contribution in [3.05, 3.63) is 47.5 Å². The molecule has 0 radical (unpaired) electrons. The molecule has 2 aromatic rings. The molecule has 2 aromatic carbocycles. The number of rotatable bonds is 3. The fourth-order valence-corrected chi connectivity index (χ4v) is 4.08. The zero-order valence-corrected chi connectivity index (χ0v) is 13.4. The summed E-state index contributed by atoms with van der Waals surface area (Å²) in [7, 11) is 0. The Morgan fingerprint density at radius 3 is 2.29 bits per heavy atom. The van der Waals surface area contributed by atoms with E-state index in [1.807, 2.05) is 12.1 Å². The highest BCUT2D eigenvalue weighted by Crippen LogP contribution is 2.28. The molecule has 3 fully saturated rings. The second-order valence-corrected chi connectivity index (χ2v) is 6.73. The fraction of sp³-hybridized carbons (Fsp3) is 0.368. The van der Waals surface area contributed by atoms with Crippen LogP contribution >= 0.6 is 0 Å².